The number of ether oxygens (including phenoxy) is 1. The molecule has 7 nitrogen and oxygen atoms in total. The van der Waals surface area contributed by atoms with E-state index in [0.717, 1.165) is 24.8 Å². The third-order valence-electron chi connectivity index (χ3n) is 4.90. The summed E-state index contributed by atoms with van der Waals surface area (Å²) in [5, 5.41) is 2.68. The van der Waals surface area contributed by atoms with Crippen LogP contribution in [-0.2, 0) is 16.0 Å². The normalized spacial score (nSPS) is 12.7. The summed E-state index contributed by atoms with van der Waals surface area (Å²) < 4.78 is 5.07. The Morgan fingerprint density at radius 1 is 1.00 bits per heavy atom. The number of hydrogen-bond acceptors (Lipinski definition) is 5. The zero-order valence-electron chi connectivity index (χ0n) is 17.1. The van der Waals surface area contributed by atoms with E-state index >= 15 is 0 Å². The molecule has 2 aromatic rings. The Balaban J connectivity index is 1.62. The molecule has 1 heterocycles. The average Bonchev–Trinajstić information content (AvgIpc) is 3.00. The second kappa shape index (κ2) is 9.35. The van der Waals surface area contributed by atoms with Crippen molar-refractivity contribution in [2.45, 2.75) is 33.1 Å². The minimum atomic E-state index is -0.734. The van der Waals surface area contributed by atoms with Crippen molar-refractivity contribution in [3.63, 3.8) is 0 Å². The third kappa shape index (κ3) is 4.56. The van der Waals surface area contributed by atoms with Gasteiger partial charge in [0.2, 0.25) is 0 Å². The van der Waals surface area contributed by atoms with Crippen molar-refractivity contribution in [3.05, 3.63) is 64.7 Å². The van der Waals surface area contributed by atoms with Crippen molar-refractivity contribution in [1.82, 2.24) is 4.90 Å². The summed E-state index contributed by atoms with van der Waals surface area (Å²) >= 11 is 0. The van der Waals surface area contributed by atoms with Gasteiger partial charge in [0.25, 0.3) is 17.7 Å². The number of fused-ring (bicyclic) bond motifs is 1. The van der Waals surface area contributed by atoms with Gasteiger partial charge in [-0.1, -0.05) is 32.4 Å². The van der Waals surface area contributed by atoms with Gasteiger partial charge in [0.15, 0.2) is 6.61 Å². The largest absolute Gasteiger partial charge is 0.452 e. The Labute approximate surface area is 175 Å². The van der Waals surface area contributed by atoms with Gasteiger partial charge in [-0.2, -0.15) is 0 Å². The predicted molar refractivity (Wildman–Crippen MR) is 111 cm³/mol. The molecule has 0 bridgehead atoms. The maximum Gasteiger partial charge on any atom is 0.338 e. The van der Waals surface area contributed by atoms with Crippen LogP contribution in [0.2, 0.25) is 0 Å². The standard InChI is InChI=1S/C23H24N2O5/c1-3-5-11-25-21(27)18-10-9-16(13-19(18)22(25)28)23(29)30-14-20(26)24-17-8-6-7-15(4-2)12-17/h6-10,12-13H,3-5,11,14H2,1-2H3,(H,24,26). The molecule has 7 heteroatoms. The molecule has 30 heavy (non-hydrogen) atoms. The van der Waals surface area contributed by atoms with Gasteiger partial charge in [0.05, 0.1) is 16.7 Å². The predicted octanol–water partition coefficient (Wildman–Crippen LogP) is 3.44. The molecule has 3 amide bonds. The summed E-state index contributed by atoms with van der Waals surface area (Å²) in [5.41, 5.74) is 2.29. The molecule has 0 aromatic heterocycles. The number of amides is 3. The zero-order valence-corrected chi connectivity index (χ0v) is 17.1. The number of unbranched alkanes of at least 4 members (excludes halogenated alkanes) is 1. The lowest BCUT2D eigenvalue weighted by Gasteiger charge is -2.12. The smallest absolute Gasteiger partial charge is 0.338 e. The summed E-state index contributed by atoms with van der Waals surface area (Å²) in [5.74, 6) is -1.96. The molecule has 1 aliphatic heterocycles. The zero-order chi connectivity index (χ0) is 21.7. The lowest BCUT2D eigenvalue weighted by molar-refractivity contribution is -0.119. The number of carbonyl (C=O) groups is 4. The number of hydrogen-bond donors (Lipinski definition) is 1. The van der Waals surface area contributed by atoms with Crippen LogP contribution in [0.15, 0.2) is 42.5 Å². The molecule has 0 atom stereocenters. The highest BCUT2D eigenvalue weighted by Gasteiger charge is 2.35. The van der Waals surface area contributed by atoms with Crippen LogP contribution in [-0.4, -0.2) is 41.7 Å². The number of aryl methyl sites for hydroxylation is 1. The van der Waals surface area contributed by atoms with Crippen molar-refractivity contribution in [3.8, 4) is 0 Å². The molecule has 0 radical (unpaired) electrons. The van der Waals surface area contributed by atoms with E-state index in [1.807, 2.05) is 32.0 Å². The number of anilines is 1. The molecular weight excluding hydrogens is 384 g/mol. The van der Waals surface area contributed by atoms with Crippen LogP contribution in [0.1, 0.15) is 63.3 Å². The highest BCUT2D eigenvalue weighted by atomic mass is 16.5. The fourth-order valence-corrected chi connectivity index (χ4v) is 3.22. The molecule has 3 rings (SSSR count). The fourth-order valence-electron chi connectivity index (χ4n) is 3.22. The monoisotopic (exact) mass is 408 g/mol. The summed E-state index contributed by atoms with van der Waals surface area (Å²) in [6, 6.07) is 11.6. The van der Waals surface area contributed by atoms with Gasteiger partial charge in [-0.3, -0.25) is 19.3 Å². The Morgan fingerprint density at radius 2 is 1.77 bits per heavy atom. The number of carbonyl (C=O) groups excluding carboxylic acids is 4. The van der Waals surface area contributed by atoms with Crippen LogP contribution in [0.3, 0.4) is 0 Å². The maximum atomic E-state index is 12.5. The van der Waals surface area contributed by atoms with E-state index in [1.54, 1.807) is 6.07 Å². The fraction of sp³-hybridized carbons (Fsp3) is 0.304. The number of rotatable bonds is 8. The second-order valence-electron chi connectivity index (χ2n) is 7.05. The van der Waals surface area contributed by atoms with Crippen LogP contribution in [0.4, 0.5) is 5.69 Å². The van der Waals surface area contributed by atoms with Gasteiger partial charge >= 0.3 is 5.97 Å². The average molecular weight is 408 g/mol. The quantitative estimate of drug-likeness (QED) is 0.534. The second-order valence-corrected chi connectivity index (χ2v) is 7.05. The van der Waals surface area contributed by atoms with E-state index in [-0.39, 0.29) is 22.6 Å². The van der Waals surface area contributed by atoms with E-state index < -0.39 is 24.4 Å². The van der Waals surface area contributed by atoms with Gasteiger partial charge in [-0.05, 0) is 48.7 Å². The molecule has 0 aliphatic carbocycles. The number of benzene rings is 2. The number of nitrogens with zero attached hydrogens (tertiary/aromatic N) is 1. The SMILES string of the molecule is CCCCN1C(=O)c2ccc(C(=O)OCC(=O)Nc3cccc(CC)c3)cc2C1=O. The van der Waals surface area contributed by atoms with Gasteiger partial charge in [-0.25, -0.2) is 4.79 Å². The first-order valence-corrected chi connectivity index (χ1v) is 10.0. The van der Waals surface area contributed by atoms with E-state index in [1.165, 1.54) is 23.1 Å². The summed E-state index contributed by atoms with van der Waals surface area (Å²) in [6.07, 6.45) is 2.42. The lowest BCUT2D eigenvalue weighted by Crippen LogP contribution is -2.30. The van der Waals surface area contributed by atoms with E-state index in [4.69, 9.17) is 4.74 Å². The number of nitrogens with one attached hydrogen (secondary N) is 1. The van der Waals surface area contributed by atoms with Crippen LogP contribution < -0.4 is 5.32 Å². The highest BCUT2D eigenvalue weighted by molar-refractivity contribution is 6.22. The number of esters is 1. The molecule has 0 saturated carbocycles. The molecule has 2 aromatic carbocycles. The lowest BCUT2D eigenvalue weighted by atomic mass is 10.1. The van der Waals surface area contributed by atoms with Crippen molar-refractivity contribution in [2.24, 2.45) is 0 Å². The van der Waals surface area contributed by atoms with Crippen LogP contribution >= 0.6 is 0 Å². The van der Waals surface area contributed by atoms with Crippen LogP contribution in [0, 0.1) is 0 Å². The van der Waals surface area contributed by atoms with Crippen molar-refractivity contribution >= 4 is 29.4 Å². The summed E-state index contributed by atoms with van der Waals surface area (Å²) in [4.78, 5) is 50.5. The molecule has 0 fully saturated rings. The first kappa shape index (κ1) is 21.2. The van der Waals surface area contributed by atoms with Gasteiger partial charge < -0.3 is 10.1 Å². The number of imide groups is 1. The highest BCUT2D eigenvalue weighted by Crippen LogP contribution is 2.24. The Bertz CT molecular complexity index is 999. The first-order chi connectivity index (χ1) is 14.4. The molecule has 1 N–H and O–H groups in total. The van der Waals surface area contributed by atoms with Crippen molar-refractivity contribution in [2.75, 3.05) is 18.5 Å². The minimum Gasteiger partial charge on any atom is -0.452 e. The van der Waals surface area contributed by atoms with E-state index in [0.29, 0.717) is 12.2 Å². The van der Waals surface area contributed by atoms with E-state index in [2.05, 4.69) is 5.32 Å². The molecule has 0 saturated heterocycles. The molecule has 156 valence electrons. The molecule has 0 unspecified atom stereocenters. The van der Waals surface area contributed by atoms with E-state index in [9.17, 15) is 19.2 Å². The summed E-state index contributed by atoms with van der Waals surface area (Å²) in [6.45, 7) is 3.88. The van der Waals surface area contributed by atoms with Crippen LogP contribution in [0.25, 0.3) is 0 Å². The topological polar surface area (TPSA) is 92.8 Å². The van der Waals surface area contributed by atoms with Crippen LogP contribution in [0.5, 0.6) is 0 Å². The molecule has 1 aliphatic rings. The first-order valence-electron chi connectivity index (χ1n) is 10.0. The summed E-state index contributed by atoms with van der Waals surface area (Å²) in [7, 11) is 0. The van der Waals surface area contributed by atoms with Crippen molar-refractivity contribution < 1.29 is 23.9 Å². The Morgan fingerprint density at radius 3 is 2.50 bits per heavy atom. The van der Waals surface area contributed by atoms with Crippen molar-refractivity contribution in [1.29, 1.82) is 0 Å². The minimum absolute atomic E-state index is 0.119. The molecule has 0 spiro atoms. The maximum absolute atomic E-state index is 12.5. The van der Waals surface area contributed by atoms with Gasteiger partial charge in [0.1, 0.15) is 0 Å². The van der Waals surface area contributed by atoms with Gasteiger partial charge in [-0.15, -0.1) is 0 Å². The van der Waals surface area contributed by atoms with Gasteiger partial charge in [0, 0.05) is 12.2 Å². The Kier molecular flexibility index (Phi) is 6.61. The third-order valence-corrected chi connectivity index (χ3v) is 4.90. The molecular formula is C23H24N2O5. The Hall–Kier alpha value is -3.48.